The average molecular weight is 167 g/mol. The van der Waals surface area contributed by atoms with Crippen LogP contribution in [0.4, 0.5) is 0 Å². The Morgan fingerprint density at radius 1 is 1.67 bits per heavy atom. The first-order valence-electron chi connectivity index (χ1n) is 3.37. The Labute approximate surface area is 69.8 Å². The Morgan fingerprint density at radius 3 is 2.83 bits per heavy atom. The van der Waals surface area contributed by atoms with E-state index >= 15 is 0 Å². The van der Waals surface area contributed by atoms with Crippen molar-refractivity contribution in [1.29, 1.82) is 0 Å². The van der Waals surface area contributed by atoms with Crippen molar-refractivity contribution in [1.82, 2.24) is 9.88 Å². The van der Waals surface area contributed by atoms with Crippen LogP contribution in [0.5, 0.6) is 0 Å². The van der Waals surface area contributed by atoms with Crippen LogP contribution >= 0.6 is 0 Å². The number of carbonyl (C=O) groups excluding carboxylic acids is 1. The molecule has 1 aromatic heterocycles. The van der Waals surface area contributed by atoms with Gasteiger partial charge >= 0.3 is 0 Å². The second-order valence-electron chi connectivity index (χ2n) is 2.50. The van der Waals surface area contributed by atoms with Gasteiger partial charge in [-0.3, -0.25) is 4.79 Å². The van der Waals surface area contributed by atoms with Crippen LogP contribution in [0, 0.1) is 5.21 Å². The molecule has 0 aliphatic rings. The zero-order chi connectivity index (χ0) is 9.14. The van der Waals surface area contributed by atoms with Gasteiger partial charge in [-0.1, -0.05) is 0 Å². The maximum atomic E-state index is 11.2. The van der Waals surface area contributed by atoms with E-state index in [1.165, 1.54) is 17.3 Å². The lowest BCUT2D eigenvalue weighted by Gasteiger charge is -2.07. The molecule has 64 valence electrons. The second kappa shape index (κ2) is 3.17. The Kier molecular flexibility index (Phi) is 2.23. The number of amides is 1. The summed E-state index contributed by atoms with van der Waals surface area (Å²) in [5, 5.41) is 10.7. The Hall–Kier alpha value is -1.65. The van der Waals surface area contributed by atoms with Crippen molar-refractivity contribution >= 4 is 5.91 Å². The van der Waals surface area contributed by atoms with E-state index in [4.69, 9.17) is 0 Å². The van der Waals surface area contributed by atoms with Gasteiger partial charge in [0.2, 0.25) is 6.20 Å². The molecule has 0 spiro atoms. The van der Waals surface area contributed by atoms with E-state index in [0.29, 0.717) is 4.73 Å². The van der Waals surface area contributed by atoms with E-state index in [9.17, 15) is 10.0 Å². The van der Waals surface area contributed by atoms with Crippen LogP contribution in [0.1, 0.15) is 10.5 Å². The zero-order valence-electron chi connectivity index (χ0n) is 6.89. The van der Waals surface area contributed by atoms with Gasteiger partial charge < -0.3 is 10.1 Å². The van der Waals surface area contributed by atoms with Gasteiger partial charge in [0.15, 0.2) is 11.9 Å². The van der Waals surface area contributed by atoms with E-state index in [2.05, 4.69) is 4.98 Å². The molecule has 1 aromatic rings. The number of aromatic nitrogens is 2. The van der Waals surface area contributed by atoms with Gasteiger partial charge in [-0.05, 0) is 0 Å². The molecule has 0 atom stereocenters. The molecular weight excluding hydrogens is 158 g/mol. The van der Waals surface area contributed by atoms with Gasteiger partial charge in [0.1, 0.15) is 0 Å². The summed E-state index contributed by atoms with van der Waals surface area (Å²) in [7, 11) is 3.21. The molecular formula is C7H9N3O2. The van der Waals surface area contributed by atoms with Gasteiger partial charge in [-0.2, -0.15) is 4.73 Å². The number of carbonyl (C=O) groups is 1. The number of hydrogen-bond donors (Lipinski definition) is 0. The van der Waals surface area contributed by atoms with Crippen LogP contribution in [0.25, 0.3) is 0 Å². The molecule has 0 bridgehead atoms. The van der Waals surface area contributed by atoms with Crippen molar-refractivity contribution in [3.05, 3.63) is 29.5 Å². The highest BCUT2D eigenvalue weighted by molar-refractivity contribution is 5.91. The zero-order valence-corrected chi connectivity index (χ0v) is 6.89. The molecule has 5 nitrogen and oxygen atoms in total. The summed E-state index contributed by atoms with van der Waals surface area (Å²) in [4.78, 5) is 16.3. The van der Waals surface area contributed by atoms with E-state index in [1.54, 1.807) is 14.1 Å². The number of rotatable bonds is 1. The molecule has 0 fully saturated rings. The maximum absolute atomic E-state index is 11.2. The molecule has 0 aromatic carbocycles. The monoisotopic (exact) mass is 167 g/mol. The van der Waals surface area contributed by atoms with Crippen molar-refractivity contribution < 1.29 is 9.52 Å². The van der Waals surface area contributed by atoms with Gasteiger partial charge in [0.25, 0.3) is 5.91 Å². The summed E-state index contributed by atoms with van der Waals surface area (Å²) in [6.45, 7) is 0. The number of nitrogens with zero attached hydrogens (tertiary/aromatic N) is 3. The molecule has 0 aliphatic carbocycles. The first kappa shape index (κ1) is 8.45. The van der Waals surface area contributed by atoms with E-state index in [-0.39, 0.29) is 11.6 Å². The fourth-order valence-corrected chi connectivity index (χ4v) is 0.716. The SMILES string of the molecule is CN(C)C(=O)c1c[n+]([O-])ccn1. The second-order valence-corrected chi connectivity index (χ2v) is 2.50. The molecule has 1 heterocycles. The third-order valence-electron chi connectivity index (χ3n) is 1.30. The third kappa shape index (κ3) is 1.69. The molecule has 12 heavy (non-hydrogen) atoms. The lowest BCUT2D eigenvalue weighted by Crippen LogP contribution is -2.30. The Bertz CT molecular complexity index is 298. The highest BCUT2D eigenvalue weighted by Crippen LogP contribution is 1.92. The van der Waals surface area contributed by atoms with Crippen LogP contribution < -0.4 is 4.73 Å². The largest absolute Gasteiger partial charge is 0.619 e. The fraction of sp³-hybridized carbons (Fsp3) is 0.286. The smallest absolute Gasteiger partial charge is 0.278 e. The van der Waals surface area contributed by atoms with Crippen molar-refractivity contribution in [3.8, 4) is 0 Å². The van der Waals surface area contributed by atoms with E-state index in [0.717, 1.165) is 6.20 Å². The summed E-state index contributed by atoms with van der Waals surface area (Å²) in [5.41, 5.74) is 0.150. The van der Waals surface area contributed by atoms with Gasteiger partial charge in [-0.25, -0.2) is 4.98 Å². The van der Waals surface area contributed by atoms with Crippen LogP contribution in [-0.2, 0) is 0 Å². The summed E-state index contributed by atoms with van der Waals surface area (Å²) >= 11 is 0. The summed E-state index contributed by atoms with van der Waals surface area (Å²) in [6.07, 6.45) is 3.67. The average Bonchev–Trinajstić information content (AvgIpc) is 2.03. The molecule has 0 unspecified atom stereocenters. The van der Waals surface area contributed by atoms with Crippen LogP contribution in [0.15, 0.2) is 18.6 Å². The highest BCUT2D eigenvalue weighted by Gasteiger charge is 2.11. The minimum Gasteiger partial charge on any atom is -0.619 e. The van der Waals surface area contributed by atoms with E-state index < -0.39 is 0 Å². The predicted molar refractivity (Wildman–Crippen MR) is 41.2 cm³/mol. The summed E-state index contributed by atoms with van der Waals surface area (Å²) < 4.78 is 0.545. The Morgan fingerprint density at radius 2 is 2.33 bits per heavy atom. The predicted octanol–water partition coefficient (Wildman–Crippen LogP) is -0.583. The van der Waals surface area contributed by atoms with Crippen LogP contribution in [-0.4, -0.2) is 29.9 Å². The quantitative estimate of drug-likeness (QED) is 0.415. The molecule has 5 heteroatoms. The third-order valence-corrected chi connectivity index (χ3v) is 1.30. The fourth-order valence-electron chi connectivity index (χ4n) is 0.716. The van der Waals surface area contributed by atoms with Crippen molar-refractivity contribution in [2.24, 2.45) is 0 Å². The maximum Gasteiger partial charge on any atom is 0.278 e. The lowest BCUT2D eigenvalue weighted by atomic mass is 10.4. The van der Waals surface area contributed by atoms with Gasteiger partial charge in [0.05, 0.1) is 6.20 Å². The number of hydrogen-bond acceptors (Lipinski definition) is 3. The molecule has 1 rings (SSSR count). The molecule has 1 amide bonds. The molecule has 0 saturated heterocycles. The Balaban J connectivity index is 2.96. The molecule has 0 N–H and O–H groups in total. The summed E-state index contributed by atoms with van der Waals surface area (Å²) in [6, 6.07) is 0. The van der Waals surface area contributed by atoms with Crippen molar-refractivity contribution in [3.63, 3.8) is 0 Å². The van der Waals surface area contributed by atoms with Crippen molar-refractivity contribution in [2.45, 2.75) is 0 Å². The highest BCUT2D eigenvalue weighted by atomic mass is 16.5. The standard InChI is InChI=1S/C7H9N3O2/c1-9(2)7(11)6-5-10(12)4-3-8-6/h3-5H,1-2H3. The van der Waals surface area contributed by atoms with Crippen LogP contribution in [0.3, 0.4) is 0 Å². The van der Waals surface area contributed by atoms with Gasteiger partial charge in [-0.15, -0.1) is 0 Å². The first-order chi connectivity index (χ1) is 5.61. The topological polar surface area (TPSA) is 60.1 Å². The minimum atomic E-state index is -0.278. The molecule has 0 aliphatic heterocycles. The lowest BCUT2D eigenvalue weighted by molar-refractivity contribution is -0.606. The molecule has 0 saturated carbocycles. The summed E-state index contributed by atoms with van der Waals surface area (Å²) in [5.74, 6) is -0.278. The van der Waals surface area contributed by atoms with E-state index in [1.807, 2.05) is 0 Å². The minimum absolute atomic E-state index is 0.150. The van der Waals surface area contributed by atoms with Crippen LogP contribution in [0.2, 0.25) is 0 Å². The van der Waals surface area contributed by atoms with Crippen molar-refractivity contribution in [2.75, 3.05) is 14.1 Å². The molecule has 0 radical (unpaired) electrons. The first-order valence-corrected chi connectivity index (χ1v) is 3.37. The normalized spacial score (nSPS) is 9.50. The van der Waals surface area contributed by atoms with Gasteiger partial charge in [0, 0.05) is 14.1 Å².